The van der Waals surface area contributed by atoms with E-state index in [4.69, 9.17) is 9.57 Å². The molecule has 1 aromatic carbocycles. The Morgan fingerprint density at radius 2 is 2.05 bits per heavy atom. The largest absolute Gasteiger partial charge is 0.474 e. The van der Waals surface area contributed by atoms with Crippen molar-refractivity contribution in [3.8, 4) is 0 Å². The fourth-order valence-electron chi connectivity index (χ4n) is 3.71. The maximum Gasteiger partial charge on any atom is 0.230 e. The van der Waals surface area contributed by atoms with Crippen LogP contribution < -0.4 is 0 Å². The molecule has 3 saturated heterocycles. The number of oxime groups is 1. The average molecular weight is 272 g/mol. The Morgan fingerprint density at radius 3 is 2.75 bits per heavy atom. The van der Waals surface area contributed by atoms with E-state index in [9.17, 15) is 0 Å². The summed E-state index contributed by atoms with van der Waals surface area (Å²) in [6, 6.07) is 10.2. The molecule has 0 saturated carbocycles. The smallest absolute Gasteiger partial charge is 0.230 e. The normalized spacial score (nSPS) is 34.9. The molecule has 2 bridgehead atoms. The Morgan fingerprint density at radius 1 is 1.25 bits per heavy atom. The monoisotopic (exact) mass is 272 g/mol. The Balaban J connectivity index is 1.38. The van der Waals surface area contributed by atoms with Gasteiger partial charge in [-0.25, -0.2) is 0 Å². The first-order valence-electron chi connectivity index (χ1n) is 7.48. The van der Waals surface area contributed by atoms with Crippen LogP contribution in [0.5, 0.6) is 0 Å². The number of hydrogen-bond acceptors (Lipinski definition) is 4. The molecule has 4 heterocycles. The van der Waals surface area contributed by atoms with E-state index in [1.807, 2.05) is 18.2 Å². The van der Waals surface area contributed by atoms with Crippen LogP contribution in [0.2, 0.25) is 0 Å². The van der Waals surface area contributed by atoms with Gasteiger partial charge in [0.15, 0.2) is 5.60 Å². The van der Waals surface area contributed by atoms with Crippen LogP contribution in [0.25, 0.3) is 0 Å². The number of hydrogen-bond donors (Lipinski definition) is 0. The molecule has 4 heteroatoms. The van der Waals surface area contributed by atoms with Gasteiger partial charge >= 0.3 is 0 Å². The molecule has 1 spiro atoms. The Kier molecular flexibility index (Phi) is 2.91. The van der Waals surface area contributed by atoms with Gasteiger partial charge in [-0.2, -0.15) is 0 Å². The average Bonchev–Trinajstić information content (AvgIpc) is 2.90. The Hall–Kier alpha value is -1.55. The predicted molar refractivity (Wildman–Crippen MR) is 76.3 cm³/mol. The lowest BCUT2D eigenvalue weighted by Crippen LogP contribution is -2.59. The molecule has 106 valence electrons. The van der Waals surface area contributed by atoms with Crippen molar-refractivity contribution in [2.75, 3.05) is 19.6 Å². The molecular formula is C16H20N2O2. The van der Waals surface area contributed by atoms with Crippen LogP contribution >= 0.6 is 0 Å². The molecule has 1 atom stereocenters. The zero-order chi connectivity index (χ0) is 13.4. The SMILES string of the molecule is c1ccc(COC2=NOC3(C2)CN2CCC3CC2)cc1. The topological polar surface area (TPSA) is 34.1 Å². The molecule has 0 aliphatic carbocycles. The number of fused-ring (bicyclic) bond motifs is 2. The summed E-state index contributed by atoms with van der Waals surface area (Å²) < 4.78 is 5.83. The maximum atomic E-state index is 5.84. The third-order valence-corrected chi connectivity index (χ3v) is 4.85. The lowest BCUT2D eigenvalue weighted by atomic mass is 9.74. The summed E-state index contributed by atoms with van der Waals surface area (Å²) in [5, 5.41) is 4.21. The second kappa shape index (κ2) is 4.77. The number of benzene rings is 1. The van der Waals surface area contributed by atoms with Crippen LogP contribution in [0, 0.1) is 5.92 Å². The Labute approximate surface area is 119 Å². The third kappa shape index (κ3) is 2.08. The van der Waals surface area contributed by atoms with Crippen molar-refractivity contribution in [3.63, 3.8) is 0 Å². The van der Waals surface area contributed by atoms with Gasteiger partial charge in [0.2, 0.25) is 5.90 Å². The molecule has 1 aromatic rings. The van der Waals surface area contributed by atoms with E-state index in [-0.39, 0.29) is 5.60 Å². The molecule has 3 fully saturated rings. The van der Waals surface area contributed by atoms with Crippen molar-refractivity contribution in [2.24, 2.45) is 11.1 Å². The summed E-state index contributed by atoms with van der Waals surface area (Å²) in [7, 11) is 0. The number of piperidine rings is 3. The second-order valence-corrected chi connectivity index (χ2v) is 6.14. The molecule has 0 N–H and O–H groups in total. The summed E-state index contributed by atoms with van der Waals surface area (Å²) in [6.07, 6.45) is 3.31. The van der Waals surface area contributed by atoms with Gasteiger partial charge in [0.05, 0.1) is 6.42 Å². The van der Waals surface area contributed by atoms with E-state index in [1.165, 1.54) is 31.5 Å². The van der Waals surface area contributed by atoms with E-state index in [2.05, 4.69) is 22.2 Å². The molecule has 4 aliphatic heterocycles. The second-order valence-electron chi connectivity index (χ2n) is 6.14. The first kappa shape index (κ1) is 12.2. The lowest BCUT2D eigenvalue weighted by Gasteiger charge is -2.49. The van der Waals surface area contributed by atoms with Crippen LogP contribution in [0.4, 0.5) is 0 Å². The summed E-state index contributed by atoms with van der Waals surface area (Å²) in [5.41, 5.74) is 1.08. The van der Waals surface area contributed by atoms with Crippen LogP contribution in [0.3, 0.4) is 0 Å². The molecule has 0 amide bonds. The molecule has 1 unspecified atom stereocenters. The minimum Gasteiger partial charge on any atom is -0.474 e. The van der Waals surface area contributed by atoms with Gasteiger partial charge < -0.3 is 9.57 Å². The van der Waals surface area contributed by atoms with Gasteiger partial charge in [-0.05, 0) is 31.5 Å². The fourth-order valence-corrected chi connectivity index (χ4v) is 3.71. The van der Waals surface area contributed by atoms with Gasteiger partial charge in [-0.15, -0.1) is 0 Å². The third-order valence-electron chi connectivity index (χ3n) is 4.85. The fraction of sp³-hybridized carbons (Fsp3) is 0.562. The highest BCUT2D eigenvalue weighted by molar-refractivity contribution is 5.78. The van der Waals surface area contributed by atoms with Gasteiger partial charge in [0.25, 0.3) is 0 Å². The van der Waals surface area contributed by atoms with Gasteiger partial charge in [-0.3, -0.25) is 4.90 Å². The molecule has 20 heavy (non-hydrogen) atoms. The van der Waals surface area contributed by atoms with Crippen molar-refractivity contribution < 1.29 is 9.57 Å². The highest BCUT2D eigenvalue weighted by atomic mass is 16.7. The van der Waals surface area contributed by atoms with E-state index < -0.39 is 0 Å². The maximum absolute atomic E-state index is 5.84. The van der Waals surface area contributed by atoms with Gasteiger partial charge in [0, 0.05) is 12.5 Å². The number of ether oxygens (including phenoxy) is 1. The van der Waals surface area contributed by atoms with Crippen molar-refractivity contribution in [1.82, 2.24) is 4.90 Å². The number of nitrogens with zero attached hydrogens (tertiary/aromatic N) is 2. The first-order valence-corrected chi connectivity index (χ1v) is 7.48. The van der Waals surface area contributed by atoms with Crippen molar-refractivity contribution in [1.29, 1.82) is 0 Å². The molecule has 4 nitrogen and oxygen atoms in total. The van der Waals surface area contributed by atoms with Crippen molar-refractivity contribution in [3.05, 3.63) is 35.9 Å². The van der Waals surface area contributed by atoms with Crippen LogP contribution in [0.1, 0.15) is 24.8 Å². The molecule has 4 aliphatic rings. The van der Waals surface area contributed by atoms with E-state index in [0.717, 1.165) is 18.9 Å². The van der Waals surface area contributed by atoms with E-state index >= 15 is 0 Å². The summed E-state index contributed by atoms with van der Waals surface area (Å²) in [4.78, 5) is 8.33. The lowest BCUT2D eigenvalue weighted by molar-refractivity contribution is -0.136. The van der Waals surface area contributed by atoms with Crippen LogP contribution in [0.15, 0.2) is 35.5 Å². The highest BCUT2D eigenvalue weighted by Crippen LogP contribution is 2.43. The molecule has 5 rings (SSSR count). The van der Waals surface area contributed by atoms with Gasteiger partial charge in [-0.1, -0.05) is 35.5 Å². The predicted octanol–water partition coefficient (Wildman–Crippen LogP) is 2.40. The minimum atomic E-state index is -0.0947. The Bertz CT molecular complexity index is 508. The summed E-state index contributed by atoms with van der Waals surface area (Å²) >= 11 is 0. The van der Waals surface area contributed by atoms with E-state index in [0.29, 0.717) is 12.5 Å². The summed E-state index contributed by atoms with van der Waals surface area (Å²) in [5.74, 6) is 1.41. The highest BCUT2D eigenvalue weighted by Gasteiger charge is 2.52. The molecule has 0 aromatic heterocycles. The molecule has 0 radical (unpaired) electrons. The van der Waals surface area contributed by atoms with Gasteiger partial charge in [0.1, 0.15) is 6.61 Å². The summed E-state index contributed by atoms with van der Waals surface area (Å²) in [6.45, 7) is 4.03. The number of rotatable bonds is 2. The van der Waals surface area contributed by atoms with Crippen molar-refractivity contribution in [2.45, 2.75) is 31.5 Å². The standard InChI is InChI=1S/C16H20N2O2/c1-2-4-13(5-3-1)11-19-15-10-16(20-17-15)12-18-8-6-14(16)7-9-18/h1-5,14H,6-12H2. The zero-order valence-electron chi connectivity index (χ0n) is 11.6. The van der Waals surface area contributed by atoms with E-state index in [1.54, 1.807) is 0 Å². The molecular weight excluding hydrogens is 252 g/mol. The van der Waals surface area contributed by atoms with Crippen molar-refractivity contribution >= 4 is 5.90 Å². The first-order chi connectivity index (χ1) is 9.84. The zero-order valence-corrected chi connectivity index (χ0v) is 11.6. The minimum absolute atomic E-state index is 0.0947. The van der Waals surface area contributed by atoms with Crippen LogP contribution in [-0.2, 0) is 16.2 Å². The quantitative estimate of drug-likeness (QED) is 0.829. The van der Waals surface area contributed by atoms with Crippen LogP contribution in [-0.4, -0.2) is 36.0 Å².